The summed E-state index contributed by atoms with van der Waals surface area (Å²) in [5, 5.41) is 18.2. The Balaban J connectivity index is 2.65. The van der Waals surface area contributed by atoms with E-state index in [2.05, 4.69) is 0 Å². The van der Waals surface area contributed by atoms with Crippen LogP contribution in [0.15, 0.2) is 6.07 Å². The number of hydrogen-bond donors (Lipinski definition) is 2. The van der Waals surface area contributed by atoms with Crippen LogP contribution < -0.4 is 0 Å². The quantitative estimate of drug-likeness (QED) is 0.713. The van der Waals surface area contributed by atoms with Gasteiger partial charge in [-0.2, -0.15) is 0 Å². The standard InChI is InChI=1S/C9H7ClF2O2/c10-7-4(11)3-5(13)6(8(7)12)9(14)1-2-9/h3,13-14H,1-2H2. The molecule has 2 rings (SSSR count). The van der Waals surface area contributed by atoms with Crippen molar-refractivity contribution in [3.05, 3.63) is 28.3 Å². The van der Waals surface area contributed by atoms with Gasteiger partial charge in [-0.25, -0.2) is 8.78 Å². The van der Waals surface area contributed by atoms with Gasteiger partial charge in [-0.1, -0.05) is 11.6 Å². The molecule has 76 valence electrons. The summed E-state index contributed by atoms with van der Waals surface area (Å²) in [4.78, 5) is 0. The third-order valence-corrected chi connectivity index (χ3v) is 2.68. The van der Waals surface area contributed by atoms with E-state index in [0.29, 0.717) is 18.9 Å². The van der Waals surface area contributed by atoms with Crippen molar-refractivity contribution in [2.75, 3.05) is 0 Å². The van der Waals surface area contributed by atoms with Crippen molar-refractivity contribution in [1.82, 2.24) is 0 Å². The van der Waals surface area contributed by atoms with E-state index < -0.39 is 28.0 Å². The minimum atomic E-state index is -1.37. The molecule has 1 aromatic carbocycles. The molecule has 1 aliphatic rings. The Bertz CT molecular complexity index is 402. The van der Waals surface area contributed by atoms with Crippen molar-refractivity contribution in [3.8, 4) is 5.75 Å². The Morgan fingerprint density at radius 1 is 1.36 bits per heavy atom. The molecule has 0 atom stereocenters. The molecule has 1 fully saturated rings. The predicted octanol–water partition coefficient (Wildman–Crippen LogP) is 2.31. The number of phenolic OH excluding ortho intramolecular Hbond substituents is 1. The first-order chi connectivity index (χ1) is 6.46. The number of hydrogen-bond acceptors (Lipinski definition) is 2. The second kappa shape index (κ2) is 2.81. The smallest absolute Gasteiger partial charge is 0.154 e. The van der Waals surface area contributed by atoms with Gasteiger partial charge in [-0.3, -0.25) is 0 Å². The zero-order chi connectivity index (χ0) is 10.5. The second-order valence-corrected chi connectivity index (χ2v) is 3.79. The molecular weight excluding hydrogens is 214 g/mol. The Morgan fingerprint density at radius 2 is 1.93 bits per heavy atom. The van der Waals surface area contributed by atoms with E-state index in [4.69, 9.17) is 11.6 Å². The second-order valence-electron chi connectivity index (χ2n) is 3.41. The van der Waals surface area contributed by atoms with E-state index >= 15 is 0 Å². The molecule has 0 saturated heterocycles. The number of benzene rings is 1. The van der Waals surface area contributed by atoms with E-state index in [1.807, 2.05) is 0 Å². The zero-order valence-corrected chi connectivity index (χ0v) is 7.78. The molecular formula is C9H7ClF2O2. The maximum Gasteiger partial charge on any atom is 0.154 e. The maximum absolute atomic E-state index is 13.4. The summed E-state index contributed by atoms with van der Waals surface area (Å²) < 4.78 is 26.2. The van der Waals surface area contributed by atoms with E-state index in [1.165, 1.54) is 0 Å². The third-order valence-electron chi connectivity index (χ3n) is 2.33. The Labute approximate surface area is 83.7 Å². The number of phenols is 1. The fourth-order valence-corrected chi connectivity index (χ4v) is 1.54. The maximum atomic E-state index is 13.4. The first-order valence-electron chi connectivity index (χ1n) is 4.05. The van der Waals surface area contributed by atoms with Crippen LogP contribution in [0.5, 0.6) is 5.75 Å². The highest BCUT2D eigenvalue weighted by molar-refractivity contribution is 6.31. The molecule has 0 aliphatic heterocycles. The third kappa shape index (κ3) is 1.26. The van der Waals surface area contributed by atoms with Crippen molar-refractivity contribution >= 4 is 11.6 Å². The Morgan fingerprint density at radius 3 is 2.43 bits per heavy atom. The van der Waals surface area contributed by atoms with Crippen molar-refractivity contribution < 1.29 is 19.0 Å². The monoisotopic (exact) mass is 220 g/mol. The summed E-state index contributed by atoms with van der Waals surface area (Å²) >= 11 is 5.32. The van der Waals surface area contributed by atoms with Gasteiger partial charge in [-0.05, 0) is 12.8 Å². The van der Waals surface area contributed by atoms with Crippen LogP contribution in [0.25, 0.3) is 0 Å². The number of aromatic hydroxyl groups is 1. The highest BCUT2D eigenvalue weighted by atomic mass is 35.5. The van der Waals surface area contributed by atoms with Crippen LogP contribution in [-0.4, -0.2) is 10.2 Å². The van der Waals surface area contributed by atoms with Gasteiger partial charge >= 0.3 is 0 Å². The predicted molar refractivity (Wildman–Crippen MR) is 46.2 cm³/mol. The molecule has 0 spiro atoms. The average Bonchev–Trinajstić information content (AvgIpc) is 2.80. The first-order valence-corrected chi connectivity index (χ1v) is 4.43. The van der Waals surface area contributed by atoms with Crippen LogP contribution in [0.2, 0.25) is 5.02 Å². The topological polar surface area (TPSA) is 40.5 Å². The Kier molecular flexibility index (Phi) is 1.94. The molecule has 0 radical (unpaired) electrons. The molecule has 0 bridgehead atoms. The van der Waals surface area contributed by atoms with Gasteiger partial charge in [0.15, 0.2) is 5.82 Å². The van der Waals surface area contributed by atoms with E-state index in [9.17, 15) is 19.0 Å². The van der Waals surface area contributed by atoms with Crippen LogP contribution in [-0.2, 0) is 5.60 Å². The van der Waals surface area contributed by atoms with Gasteiger partial charge in [0.05, 0.1) is 11.2 Å². The molecule has 1 aliphatic carbocycles. The molecule has 0 unspecified atom stereocenters. The lowest BCUT2D eigenvalue weighted by molar-refractivity contribution is 0.142. The molecule has 0 heterocycles. The van der Waals surface area contributed by atoms with Crippen LogP contribution in [0.1, 0.15) is 18.4 Å². The summed E-state index contributed by atoms with van der Waals surface area (Å²) in [6.07, 6.45) is 0.693. The Hall–Kier alpha value is -0.870. The summed E-state index contributed by atoms with van der Waals surface area (Å²) in [7, 11) is 0. The fourth-order valence-electron chi connectivity index (χ4n) is 1.39. The molecule has 14 heavy (non-hydrogen) atoms. The van der Waals surface area contributed by atoms with E-state index in [-0.39, 0.29) is 5.56 Å². The van der Waals surface area contributed by atoms with Gasteiger partial charge in [0, 0.05) is 6.07 Å². The van der Waals surface area contributed by atoms with Gasteiger partial charge in [0.2, 0.25) is 0 Å². The summed E-state index contributed by atoms with van der Waals surface area (Å²) in [5.41, 5.74) is -1.67. The summed E-state index contributed by atoms with van der Waals surface area (Å²) in [5.74, 6) is -2.71. The van der Waals surface area contributed by atoms with Crippen molar-refractivity contribution in [1.29, 1.82) is 0 Å². The lowest BCUT2D eigenvalue weighted by Gasteiger charge is -2.12. The largest absolute Gasteiger partial charge is 0.507 e. The number of halogens is 3. The van der Waals surface area contributed by atoms with Gasteiger partial charge in [-0.15, -0.1) is 0 Å². The molecule has 2 N–H and O–H groups in total. The highest BCUT2D eigenvalue weighted by Crippen LogP contribution is 2.50. The van der Waals surface area contributed by atoms with Gasteiger partial charge in [0.25, 0.3) is 0 Å². The molecule has 0 amide bonds. The summed E-state index contributed by atoms with van der Waals surface area (Å²) in [6, 6.07) is 0.705. The lowest BCUT2D eigenvalue weighted by atomic mass is 10.1. The molecule has 5 heteroatoms. The highest BCUT2D eigenvalue weighted by Gasteiger charge is 2.47. The van der Waals surface area contributed by atoms with Gasteiger partial charge in [0.1, 0.15) is 16.6 Å². The van der Waals surface area contributed by atoms with Crippen molar-refractivity contribution in [3.63, 3.8) is 0 Å². The lowest BCUT2D eigenvalue weighted by Crippen LogP contribution is -2.09. The minimum absolute atomic E-state index is 0.302. The van der Waals surface area contributed by atoms with Crippen molar-refractivity contribution in [2.45, 2.75) is 18.4 Å². The van der Waals surface area contributed by atoms with Crippen molar-refractivity contribution in [2.24, 2.45) is 0 Å². The fraction of sp³-hybridized carbons (Fsp3) is 0.333. The first kappa shape index (κ1) is 9.68. The van der Waals surface area contributed by atoms with Crippen LogP contribution in [0.3, 0.4) is 0 Å². The molecule has 0 aromatic heterocycles. The van der Waals surface area contributed by atoms with Crippen LogP contribution in [0.4, 0.5) is 8.78 Å². The van der Waals surface area contributed by atoms with Crippen LogP contribution in [0, 0.1) is 11.6 Å². The van der Waals surface area contributed by atoms with Gasteiger partial charge < -0.3 is 10.2 Å². The van der Waals surface area contributed by atoms with E-state index in [0.717, 1.165) is 0 Å². The molecule has 2 nitrogen and oxygen atoms in total. The minimum Gasteiger partial charge on any atom is -0.507 e. The number of aliphatic hydroxyl groups is 1. The SMILES string of the molecule is Oc1cc(F)c(Cl)c(F)c1C1(O)CC1. The van der Waals surface area contributed by atoms with Crippen LogP contribution >= 0.6 is 11.6 Å². The summed E-state index contributed by atoms with van der Waals surface area (Å²) in [6.45, 7) is 0. The number of rotatable bonds is 1. The van der Waals surface area contributed by atoms with E-state index in [1.54, 1.807) is 0 Å². The molecule has 1 aromatic rings. The average molecular weight is 221 g/mol. The zero-order valence-electron chi connectivity index (χ0n) is 7.02. The normalized spacial score (nSPS) is 18.3. The molecule has 1 saturated carbocycles.